The largest absolute Gasteiger partial charge is 0.493 e. The van der Waals surface area contributed by atoms with Gasteiger partial charge in [-0.15, -0.1) is 0 Å². The van der Waals surface area contributed by atoms with Crippen molar-refractivity contribution in [3.8, 4) is 17.0 Å². The molecule has 3 rings (SSSR count). The van der Waals surface area contributed by atoms with Crippen molar-refractivity contribution in [2.45, 2.75) is 49.8 Å². The van der Waals surface area contributed by atoms with Crippen LogP contribution in [-0.4, -0.2) is 28.5 Å². The maximum absolute atomic E-state index is 12.9. The van der Waals surface area contributed by atoms with E-state index in [1.165, 1.54) is 12.1 Å². The van der Waals surface area contributed by atoms with Gasteiger partial charge in [0.2, 0.25) is 15.7 Å². The van der Waals surface area contributed by atoms with Crippen LogP contribution in [0.1, 0.15) is 37.0 Å². The molecule has 0 unspecified atom stereocenters. The van der Waals surface area contributed by atoms with Gasteiger partial charge in [-0.1, -0.05) is 25.5 Å². The first-order valence-corrected chi connectivity index (χ1v) is 10.8. The maximum atomic E-state index is 12.9. The van der Waals surface area contributed by atoms with Crippen LogP contribution in [0.2, 0.25) is 0 Å². The Kier molecular flexibility index (Phi) is 5.83. The normalized spacial score (nSPS) is 11.6. The highest BCUT2D eigenvalue weighted by atomic mass is 32.2. The van der Waals surface area contributed by atoms with Crippen molar-refractivity contribution in [1.82, 2.24) is 15.0 Å². The standard InChI is InChI=1S/C21H23N3O4S/c1-4-5-6-18-23-20(25)19(21(26)24-18)29(27,28)17-9-7-15(8-10-17)16-11-13(2)22-14(3)12-16/h7-12H,4-6H2,1-3H3,(H2,23,24,25,26). The van der Waals surface area contributed by atoms with Crippen LogP contribution < -0.4 is 5.56 Å². The van der Waals surface area contributed by atoms with E-state index in [4.69, 9.17) is 0 Å². The van der Waals surface area contributed by atoms with E-state index in [2.05, 4.69) is 15.0 Å². The summed E-state index contributed by atoms with van der Waals surface area (Å²) in [7, 11) is -4.22. The number of rotatable bonds is 6. The molecule has 2 heterocycles. The van der Waals surface area contributed by atoms with Crippen molar-refractivity contribution < 1.29 is 13.5 Å². The molecular formula is C21H23N3O4S. The number of nitrogens with one attached hydrogen (secondary N) is 1. The zero-order valence-electron chi connectivity index (χ0n) is 16.6. The summed E-state index contributed by atoms with van der Waals surface area (Å²) in [5.74, 6) is -0.410. The molecule has 0 fully saturated rings. The highest BCUT2D eigenvalue weighted by molar-refractivity contribution is 7.91. The molecule has 0 radical (unpaired) electrons. The minimum Gasteiger partial charge on any atom is -0.493 e. The Morgan fingerprint density at radius 1 is 1.00 bits per heavy atom. The summed E-state index contributed by atoms with van der Waals surface area (Å²) in [4.78, 5) is 22.2. The Morgan fingerprint density at radius 2 is 1.62 bits per heavy atom. The molecular weight excluding hydrogens is 390 g/mol. The maximum Gasteiger partial charge on any atom is 0.296 e. The number of H-pyrrole nitrogens is 1. The molecule has 1 aromatic carbocycles. The highest BCUT2D eigenvalue weighted by Crippen LogP contribution is 2.27. The van der Waals surface area contributed by atoms with Crippen LogP contribution in [0, 0.1) is 13.8 Å². The number of pyridine rings is 1. The van der Waals surface area contributed by atoms with Gasteiger partial charge in [-0.3, -0.25) is 9.78 Å². The fraction of sp³-hybridized carbons (Fsp3) is 0.286. The molecule has 0 aliphatic carbocycles. The number of aromatic hydroxyl groups is 1. The van der Waals surface area contributed by atoms with E-state index in [-0.39, 0.29) is 10.7 Å². The second kappa shape index (κ2) is 8.16. The molecule has 7 nitrogen and oxygen atoms in total. The Bertz CT molecular complexity index is 1180. The predicted octanol–water partition coefficient (Wildman–Crippen LogP) is 3.33. The lowest BCUT2D eigenvalue weighted by Gasteiger charge is -2.09. The van der Waals surface area contributed by atoms with Crippen molar-refractivity contribution in [3.05, 3.63) is 64.0 Å². The number of aryl methyl sites for hydroxylation is 3. The molecule has 0 saturated carbocycles. The van der Waals surface area contributed by atoms with Gasteiger partial charge in [0.1, 0.15) is 5.82 Å². The van der Waals surface area contributed by atoms with Gasteiger partial charge in [-0.2, -0.15) is 4.98 Å². The topological polar surface area (TPSA) is 113 Å². The molecule has 29 heavy (non-hydrogen) atoms. The van der Waals surface area contributed by atoms with E-state index < -0.39 is 26.2 Å². The smallest absolute Gasteiger partial charge is 0.296 e. The number of hydrogen-bond acceptors (Lipinski definition) is 6. The van der Waals surface area contributed by atoms with Gasteiger partial charge in [0.05, 0.1) is 4.90 Å². The van der Waals surface area contributed by atoms with Gasteiger partial charge in [-0.05, 0) is 55.7 Å². The van der Waals surface area contributed by atoms with Crippen molar-refractivity contribution in [2.75, 3.05) is 0 Å². The first kappa shape index (κ1) is 20.7. The zero-order chi connectivity index (χ0) is 21.2. The summed E-state index contributed by atoms with van der Waals surface area (Å²) in [6.45, 7) is 5.76. The van der Waals surface area contributed by atoms with Gasteiger partial charge >= 0.3 is 0 Å². The minimum atomic E-state index is -4.22. The van der Waals surface area contributed by atoms with E-state index >= 15 is 0 Å². The SMILES string of the molecule is CCCCc1nc(=O)c(S(=O)(=O)c2ccc(-c3cc(C)nc(C)c3)cc2)c(O)[nH]1. The molecule has 0 amide bonds. The minimum absolute atomic E-state index is 0.0901. The van der Waals surface area contributed by atoms with Crippen molar-refractivity contribution in [3.63, 3.8) is 0 Å². The van der Waals surface area contributed by atoms with Gasteiger partial charge in [0, 0.05) is 17.8 Å². The quantitative estimate of drug-likeness (QED) is 0.641. The molecule has 0 saturated heterocycles. The lowest BCUT2D eigenvalue weighted by molar-refractivity contribution is 0.428. The number of aromatic nitrogens is 3. The third-order valence-corrected chi connectivity index (χ3v) is 6.32. The summed E-state index contributed by atoms with van der Waals surface area (Å²) in [5, 5.41) is 10.2. The zero-order valence-corrected chi connectivity index (χ0v) is 17.4. The molecule has 8 heteroatoms. The Hall–Kier alpha value is -3.00. The van der Waals surface area contributed by atoms with Crippen molar-refractivity contribution in [1.29, 1.82) is 0 Å². The van der Waals surface area contributed by atoms with Crippen LogP contribution in [0.25, 0.3) is 11.1 Å². The number of nitrogens with zero attached hydrogens (tertiary/aromatic N) is 2. The monoisotopic (exact) mass is 413 g/mol. The van der Waals surface area contributed by atoms with E-state index in [1.54, 1.807) is 12.1 Å². The average Bonchev–Trinajstić information content (AvgIpc) is 2.65. The fourth-order valence-electron chi connectivity index (χ4n) is 3.15. The Labute approximate surface area is 169 Å². The highest BCUT2D eigenvalue weighted by Gasteiger charge is 2.27. The van der Waals surface area contributed by atoms with E-state index in [0.29, 0.717) is 6.42 Å². The molecule has 0 spiro atoms. The summed E-state index contributed by atoms with van der Waals surface area (Å²) in [6.07, 6.45) is 2.11. The summed E-state index contributed by atoms with van der Waals surface area (Å²) in [5.41, 5.74) is 2.51. The van der Waals surface area contributed by atoms with Crippen molar-refractivity contribution >= 4 is 9.84 Å². The first-order chi connectivity index (χ1) is 13.7. The van der Waals surface area contributed by atoms with Gasteiger partial charge in [0.15, 0.2) is 4.90 Å². The van der Waals surface area contributed by atoms with Gasteiger partial charge in [-0.25, -0.2) is 8.42 Å². The van der Waals surface area contributed by atoms with Crippen LogP contribution in [0.4, 0.5) is 0 Å². The number of sulfone groups is 1. The van der Waals surface area contributed by atoms with Crippen LogP contribution in [-0.2, 0) is 16.3 Å². The molecule has 3 aromatic rings. The van der Waals surface area contributed by atoms with Crippen molar-refractivity contribution in [2.24, 2.45) is 0 Å². The predicted molar refractivity (Wildman–Crippen MR) is 110 cm³/mol. The van der Waals surface area contributed by atoms with Crippen LogP contribution in [0.5, 0.6) is 5.88 Å². The number of benzene rings is 1. The van der Waals surface area contributed by atoms with Crippen LogP contribution in [0.3, 0.4) is 0 Å². The van der Waals surface area contributed by atoms with E-state index in [1.807, 2.05) is 32.9 Å². The molecule has 2 aromatic heterocycles. The summed E-state index contributed by atoms with van der Waals surface area (Å²) in [6, 6.07) is 9.97. The molecule has 2 N–H and O–H groups in total. The Morgan fingerprint density at radius 3 is 2.17 bits per heavy atom. The number of unbranched alkanes of at least 4 members (excludes halogenated alkanes) is 1. The molecule has 0 bridgehead atoms. The summed E-state index contributed by atoms with van der Waals surface area (Å²) >= 11 is 0. The fourth-order valence-corrected chi connectivity index (χ4v) is 4.46. The molecule has 0 aliphatic heterocycles. The first-order valence-electron chi connectivity index (χ1n) is 9.35. The van der Waals surface area contributed by atoms with Gasteiger partial charge < -0.3 is 10.1 Å². The molecule has 0 atom stereocenters. The third-order valence-electron chi connectivity index (χ3n) is 4.52. The number of aromatic amines is 1. The van der Waals surface area contributed by atoms with Crippen LogP contribution >= 0.6 is 0 Å². The van der Waals surface area contributed by atoms with E-state index in [0.717, 1.165) is 35.4 Å². The lowest BCUT2D eigenvalue weighted by Crippen LogP contribution is -2.21. The van der Waals surface area contributed by atoms with Crippen LogP contribution in [0.15, 0.2) is 51.0 Å². The third kappa shape index (κ3) is 4.37. The molecule has 0 aliphatic rings. The second-order valence-corrected chi connectivity index (χ2v) is 8.82. The Balaban J connectivity index is 1.99. The lowest BCUT2D eigenvalue weighted by atomic mass is 10.1. The molecule has 152 valence electrons. The summed E-state index contributed by atoms with van der Waals surface area (Å²) < 4.78 is 25.9. The average molecular weight is 413 g/mol. The van der Waals surface area contributed by atoms with Gasteiger partial charge in [0.25, 0.3) is 5.56 Å². The van der Waals surface area contributed by atoms with E-state index in [9.17, 15) is 18.3 Å². The second-order valence-electron chi connectivity index (χ2n) is 6.94. The number of hydrogen-bond donors (Lipinski definition) is 2.